The standard InChI is InChI=1S/C15H12N2O3/c18-11-17(15(20)13-9-5-2-6-10-13)16-14(19)12-7-3-1-4-8-12/h1-11H,(H,16,19). The van der Waals surface area contributed by atoms with Gasteiger partial charge in [-0.1, -0.05) is 36.4 Å². The average molecular weight is 268 g/mol. The third-order valence-electron chi connectivity index (χ3n) is 2.60. The number of hydrazine groups is 1. The van der Waals surface area contributed by atoms with E-state index in [9.17, 15) is 14.4 Å². The Kier molecular flexibility index (Phi) is 4.24. The fourth-order valence-electron chi connectivity index (χ4n) is 1.61. The van der Waals surface area contributed by atoms with Gasteiger partial charge in [-0.05, 0) is 24.3 Å². The van der Waals surface area contributed by atoms with Crippen molar-refractivity contribution in [2.24, 2.45) is 0 Å². The highest BCUT2D eigenvalue weighted by Gasteiger charge is 2.17. The predicted molar refractivity (Wildman–Crippen MR) is 72.6 cm³/mol. The van der Waals surface area contributed by atoms with Crippen LogP contribution in [-0.4, -0.2) is 23.2 Å². The zero-order valence-corrected chi connectivity index (χ0v) is 10.5. The number of rotatable bonds is 3. The largest absolute Gasteiger partial charge is 0.279 e. The Bertz CT molecular complexity index is 612. The number of amides is 3. The highest BCUT2D eigenvalue weighted by molar-refractivity contribution is 6.03. The third kappa shape index (κ3) is 3.08. The van der Waals surface area contributed by atoms with Crippen molar-refractivity contribution in [2.75, 3.05) is 0 Å². The molecule has 2 aromatic rings. The number of hydrogen-bond donors (Lipinski definition) is 1. The molecule has 0 saturated carbocycles. The van der Waals surface area contributed by atoms with Gasteiger partial charge in [-0.2, -0.15) is 5.01 Å². The second-order valence-electron chi connectivity index (χ2n) is 3.95. The molecule has 0 unspecified atom stereocenters. The first-order chi connectivity index (χ1) is 9.72. The molecule has 100 valence electrons. The molecule has 1 N–H and O–H groups in total. The van der Waals surface area contributed by atoms with Crippen LogP contribution in [0.15, 0.2) is 60.7 Å². The maximum Gasteiger partial charge on any atom is 0.279 e. The molecule has 0 aromatic heterocycles. The molecule has 3 amide bonds. The number of carbonyl (C=O) groups excluding carboxylic acids is 3. The molecule has 0 bridgehead atoms. The Hall–Kier alpha value is -2.95. The number of imide groups is 1. The summed E-state index contributed by atoms with van der Waals surface area (Å²) < 4.78 is 0. The number of hydrogen-bond acceptors (Lipinski definition) is 3. The molecule has 0 aliphatic carbocycles. The summed E-state index contributed by atoms with van der Waals surface area (Å²) >= 11 is 0. The lowest BCUT2D eigenvalue weighted by Gasteiger charge is -2.16. The van der Waals surface area contributed by atoms with Gasteiger partial charge in [-0.15, -0.1) is 0 Å². The van der Waals surface area contributed by atoms with E-state index in [0.717, 1.165) is 0 Å². The molecule has 5 nitrogen and oxygen atoms in total. The number of benzene rings is 2. The van der Waals surface area contributed by atoms with Crippen LogP contribution in [0.1, 0.15) is 20.7 Å². The lowest BCUT2D eigenvalue weighted by Crippen LogP contribution is -2.45. The first-order valence-corrected chi connectivity index (χ1v) is 5.92. The molecule has 0 radical (unpaired) electrons. The van der Waals surface area contributed by atoms with E-state index in [1.807, 2.05) is 0 Å². The fraction of sp³-hybridized carbons (Fsp3) is 0. The molecule has 0 spiro atoms. The van der Waals surface area contributed by atoms with Crippen LogP contribution < -0.4 is 5.43 Å². The second kappa shape index (κ2) is 6.29. The van der Waals surface area contributed by atoms with E-state index >= 15 is 0 Å². The van der Waals surface area contributed by atoms with Crippen molar-refractivity contribution in [3.8, 4) is 0 Å². The highest BCUT2D eigenvalue weighted by atomic mass is 16.2. The van der Waals surface area contributed by atoms with Crippen LogP contribution >= 0.6 is 0 Å². The van der Waals surface area contributed by atoms with E-state index in [-0.39, 0.29) is 6.41 Å². The molecule has 2 rings (SSSR count). The van der Waals surface area contributed by atoms with Crippen molar-refractivity contribution >= 4 is 18.2 Å². The SMILES string of the molecule is O=CN(NC(=O)c1ccccc1)C(=O)c1ccccc1. The van der Waals surface area contributed by atoms with Crippen LogP contribution in [0.3, 0.4) is 0 Å². The van der Waals surface area contributed by atoms with Crippen LogP contribution in [0.25, 0.3) is 0 Å². The molecule has 0 aliphatic heterocycles. The summed E-state index contributed by atoms with van der Waals surface area (Å²) in [4.78, 5) is 34.9. The molecular formula is C15H12N2O3. The lowest BCUT2D eigenvalue weighted by atomic mass is 10.2. The van der Waals surface area contributed by atoms with Gasteiger partial charge < -0.3 is 0 Å². The normalized spacial score (nSPS) is 9.60. The van der Waals surface area contributed by atoms with Crippen molar-refractivity contribution in [2.45, 2.75) is 0 Å². The zero-order chi connectivity index (χ0) is 14.4. The van der Waals surface area contributed by atoms with Gasteiger partial charge >= 0.3 is 0 Å². The zero-order valence-electron chi connectivity index (χ0n) is 10.5. The van der Waals surface area contributed by atoms with Crippen molar-refractivity contribution < 1.29 is 14.4 Å². The molecule has 0 saturated heterocycles. The minimum atomic E-state index is -0.593. The maximum atomic E-state index is 12.0. The monoisotopic (exact) mass is 268 g/mol. The molecule has 2 aromatic carbocycles. The molecule has 0 aliphatic rings. The van der Waals surface area contributed by atoms with Crippen LogP contribution in [0, 0.1) is 0 Å². The summed E-state index contributed by atoms with van der Waals surface area (Å²) in [6.07, 6.45) is 0.274. The van der Waals surface area contributed by atoms with Crippen LogP contribution in [-0.2, 0) is 4.79 Å². The van der Waals surface area contributed by atoms with Gasteiger partial charge in [0.15, 0.2) is 0 Å². The van der Waals surface area contributed by atoms with E-state index in [1.54, 1.807) is 60.7 Å². The number of carbonyl (C=O) groups is 3. The summed E-state index contributed by atoms with van der Waals surface area (Å²) in [7, 11) is 0. The summed E-state index contributed by atoms with van der Waals surface area (Å²) in [5.74, 6) is -1.12. The molecule has 0 fully saturated rings. The topological polar surface area (TPSA) is 66.5 Å². The van der Waals surface area contributed by atoms with Crippen molar-refractivity contribution in [3.63, 3.8) is 0 Å². The summed E-state index contributed by atoms with van der Waals surface area (Å²) in [6.45, 7) is 0. The Balaban J connectivity index is 2.12. The third-order valence-corrected chi connectivity index (χ3v) is 2.60. The smallest absolute Gasteiger partial charge is 0.276 e. The Morgan fingerprint density at radius 3 is 1.85 bits per heavy atom. The predicted octanol–water partition coefficient (Wildman–Crippen LogP) is 1.63. The van der Waals surface area contributed by atoms with Crippen LogP contribution in [0.2, 0.25) is 0 Å². The lowest BCUT2D eigenvalue weighted by molar-refractivity contribution is -0.117. The van der Waals surface area contributed by atoms with Gasteiger partial charge in [0.05, 0.1) is 0 Å². The maximum absolute atomic E-state index is 12.0. The summed E-state index contributed by atoms with van der Waals surface area (Å²) in [5.41, 5.74) is 2.93. The quantitative estimate of drug-likeness (QED) is 0.679. The van der Waals surface area contributed by atoms with Crippen LogP contribution in [0.5, 0.6) is 0 Å². The van der Waals surface area contributed by atoms with Gasteiger partial charge in [0.2, 0.25) is 6.41 Å². The first-order valence-electron chi connectivity index (χ1n) is 5.92. The highest BCUT2D eigenvalue weighted by Crippen LogP contribution is 2.03. The van der Waals surface area contributed by atoms with Gasteiger partial charge in [0, 0.05) is 11.1 Å². The Morgan fingerprint density at radius 2 is 1.35 bits per heavy atom. The molecule has 0 heterocycles. The number of nitrogens with zero attached hydrogens (tertiary/aromatic N) is 1. The van der Waals surface area contributed by atoms with Crippen molar-refractivity contribution in [3.05, 3.63) is 71.8 Å². The molecule has 0 atom stereocenters. The van der Waals surface area contributed by atoms with E-state index < -0.39 is 11.8 Å². The van der Waals surface area contributed by atoms with Gasteiger partial charge in [-0.3, -0.25) is 19.8 Å². The van der Waals surface area contributed by atoms with E-state index in [0.29, 0.717) is 16.1 Å². The molecule has 5 heteroatoms. The van der Waals surface area contributed by atoms with E-state index in [2.05, 4.69) is 5.43 Å². The minimum Gasteiger partial charge on any atom is -0.276 e. The molecular weight excluding hydrogens is 256 g/mol. The minimum absolute atomic E-state index is 0.274. The second-order valence-corrected chi connectivity index (χ2v) is 3.95. The Morgan fingerprint density at radius 1 is 0.850 bits per heavy atom. The fourth-order valence-corrected chi connectivity index (χ4v) is 1.61. The summed E-state index contributed by atoms with van der Waals surface area (Å²) in [6, 6.07) is 16.6. The molecule has 20 heavy (non-hydrogen) atoms. The Labute approximate surface area is 115 Å². The van der Waals surface area contributed by atoms with Gasteiger partial charge in [0.1, 0.15) is 0 Å². The van der Waals surface area contributed by atoms with Gasteiger partial charge in [-0.25, -0.2) is 0 Å². The average Bonchev–Trinajstić information content (AvgIpc) is 2.53. The summed E-state index contributed by atoms with van der Waals surface area (Å²) in [5, 5.41) is 0.630. The van der Waals surface area contributed by atoms with E-state index in [4.69, 9.17) is 0 Å². The first kappa shape index (κ1) is 13.5. The van der Waals surface area contributed by atoms with E-state index in [1.165, 1.54) is 0 Å². The number of nitrogens with one attached hydrogen (secondary N) is 1. The van der Waals surface area contributed by atoms with Crippen molar-refractivity contribution in [1.29, 1.82) is 0 Å². The van der Waals surface area contributed by atoms with Crippen molar-refractivity contribution in [1.82, 2.24) is 10.4 Å². The van der Waals surface area contributed by atoms with Gasteiger partial charge in [0.25, 0.3) is 11.8 Å². The van der Waals surface area contributed by atoms with Crippen LogP contribution in [0.4, 0.5) is 0 Å².